The molecule has 2 unspecified atom stereocenters. The van der Waals surface area contributed by atoms with E-state index in [-0.39, 0.29) is 0 Å². The third kappa shape index (κ3) is 2.76. The summed E-state index contributed by atoms with van der Waals surface area (Å²) in [5, 5.41) is 0. The van der Waals surface area contributed by atoms with E-state index in [9.17, 15) is 0 Å². The van der Waals surface area contributed by atoms with Gasteiger partial charge in [-0.1, -0.05) is 30.3 Å². The fraction of sp³-hybridized carbons (Fsp3) is 0.538. The number of benzene rings is 1. The van der Waals surface area contributed by atoms with Gasteiger partial charge in [0.2, 0.25) is 0 Å². The zero-order valence-corrected chi connectivity index (χ0v) is 10.4. The number of rotatable bonds is 3. The molecule has 0 aromatic heterocycles. The van der Waals surface area contributed by atoms with E-state index in [1.165, 1.54) is 5.56 Å². The van der Waals surface area contributed by atoms with Gasteiger partial charge in [0, 0.05) is 24.5 Å². The molecule has 1 aliphatic rings. The van der Waals surface area contributed by atoms with Crippen LogP contribution >= 0.6 is 11.6 Å². The minimum Gasteiger partial charge on any atom is -0.378 e. The normalized spacial score (nSPS) is 26.9. The summed E-state index contributed by atoms with van der Waals surface area (Å²) in [6, 6.07) is 11.3. The minimum absolute atomic E-state index is 0.339. The van der Waals surface area contributed by atoms with Gasteiger partial charge in [0.25, 0.3) is 0 Å². The quantitative estimate of drug-likeness (QED) is 0.752. The van der Waals surface area contributed by atoms with Crippen LogP contribution in [0, 0.1) is 0 Å². The highest BCUT2D eigenvalue weighted by Crippen LogP contribution is 2.18. The van der Waals surface area contributed by atoms with Gasteiger partial charge >= 0.3 is 0 Å². The summed E-state index contributed by atoms with van der Waals surface area (Å²) < 4.78 is 5.53. The van der Waals surface area contributed by atoms with Gasteiger partial charge in [-0.05, 0) is 12.5 Å². The number of nitrogens with zero attached hydrogens (tertiary/aromatic N) is 1. The maximum Gasteiger partial charge on any atom is 0.0634 e. The first-order valence-electron chi connectivity index (χ1n) is 5.74. The summed E-state index contributed by atoms with van der Waals surface area (Å²) in [4.78, 5) is 2.44. The van der Waals surface area contributed by atoms with Gasteiger partial charge in [0.15, 0.2) is 0 Å². The van der Waals surface area contributed by atoms with E-state index in [0.29, 0.717) is 18.0 Å². The molecule has 1 aromatic carbocycles. The van der Waals surface area contributed by atoms with Gasteiger partial charge in [-0.3, -0.25) is 4.90 Å². The molecule has 2 atom stereocenters. The van der Waals surface area contributed by atoms with E-state index in [1.54, 1.807) is 0 Å². The van der Waals surface area contributed by atoms with E-state index in [4.69, 9.17) is 16.3 Å². The standard InChI is InChI=1S/C13H18ClNO/c1-11-9-16-10-13(7-14)15(11)8-12-5-3-2-4-6-12/h2-6,11,13H,7-10H2,1H3. The van der Waals surface area contributed by atoms with E-state index in [1.807, 2.05) is 6.07 Å². The highest BCUT2D eigenvalue weighted by atomic mass is 35.5. The van der Waals surface area contributed by atoms with Crippen molar-refractivity contribution in [2.24, 2.45) is 0 Å². The maximum atomic E-state index is 5.98. The van der Waals surface area contributed by atoms with Gasteiger partial charge in [-0.25, -0.2) is 0 Å². The van der Waals surface area contributed by atoms with Crippen LogP contribution in [-0.2, 0) is 11.3 Å². The number of alkyl halides is 1. The summed E-state index contributed by atoms with van der Waals surface area (Å²) in [5.74, 6) is 0.636. The molecular weight excluding hydrogens is 222 g/mol. The number of hydrogen-bond donors (Lipinski definition) is 0. The molecule has 3 heteroatoms. The van der Waals surface area contributed by atoms with Crippen LogP contribution in [0.4, 0.5) is 0 Å². The van der Waals surface area contributed by atoms with Crippen LogP contribution < -0.4 is 0 Å². The topological polar surface area (TPSA) is 12.5 Å². The predicted octanol–water partition coefficient (Wildman–Crippen LogP) is 2.51. The molecule has 1 fully saturated rings. The van der Waals surface area contributed by atoms with Crippen molar-refractivity contribution >= 4 is 11.6 Å². The molecule has 1 saturated heterocycles. The first-order valence-corrected chi connectivity index (χ1v) is 6.28. The molecule has 0 amide bonds. The Kier molecular flexibility index (Phi) is 4.22. The van der Waals surface area contributed by atoms with Crippen LogP contribution in [0.25, 0.3) is 0 Å². The summed E-state index contributed by atoms with van der Waals surface area (Å²) in [5.41, 5.74) is 1.34. The van der Waals surface area contributed by atoms with Gasteiger partial charge in [0.05, 0.1) is 13.2 Å². The van der Waals surface area contributed by atoms with E-state index >= 15 is 0 Å². The SMILES string of the molecule is CC1COCC(CCl)N1Cc1ccccc1. The second-order valence-corrected chi connectivity index (χ2v) is 4.66. The molecule has 0 spiro atoms. The van der Waals surface area contributed by atoms with E-state index in [0.717, 1.165) is 19.8 Å². The Morgan fingerprint density at radius 3 is 2.75 bits per heavy atom. The molecule has 1 aromatic rings. The van der Waals surface area contributed by atoms with Gasteiger partial charge in [-0.15, -0.1) is 11.6 Å². The van der Waals surface area contributed by atoms with Crippen molar-refractivity contribution in [3.8, 4) is 0 Å². The Morgan fingerprint density at radius 2 is 2.06 bits per heavy atom. The van der Waals surface area contributed by atoms with Crippen LogP contribution in [0.3, 0.4) is 0 Å². The van der Waals surface area contributed by atoms with Crippen LogP contribution in [0.2, 0.25) is 0 Å². The molecule has 16 heavy (non-hydrogen) atoms. The zero-order valence-electron chi connectivity index (χ0n) is 9.60. The second kappa shape index (κ2) is 5.67. The van der Waals surface area contributed by atoms with Crippen molar-refractivity contribution in [3.63, 3.8) is 0 Å². The number of hydrogen-bond acceptors (Lipinski definition) is 2. The van der Waals surface area contributed by atoms with Crippen LogP contribution in [0.1, 0.15) is 12.5 Å². The second-order valence-electron chi connectivity index (χ2n) is 4.35. The molecule has 1 aliphatic heterocycles. The first-order chi connectivity index (χ1) is 7.81. The Balaban J connectivity index is 2.05. The third-order valence-electron chi connectivity index (χ3n) is 3.09. The molecular formula is C13H18ClNO. The lowest BCUT2D eigenvalue weighted by Crippen LogP contribution is -2.51. The third-order valence-corrected chi connectivity index (χ3v) is 3.45. The molecule has 0 N–H and O–H groups in total. The smallest absolute Gasteiger partial charge is 0.0634 e. The van der Waals surface area contributed by atoms with Gasteiger partial charge in [0.1, 0.15) is 0 Å². The highest BCUT2D eigenvalue weighted by molar-refractivity contribution is 6.18. The van der Waals surface area contributed by atoms with Crippen LogP contribution in [0.15, 0.2) is 30.3 Å². The van der Waals surface area contributed by atoms with E-state index < -0.39 is 0 Å². The molecule has 0 saturated carbocycles. The lowest BCUT2D eigenvalue weighted by Gasteiger charge is -2.39. The number of ether oxygens (including phenoxy) is 1. The lowest BCUT2D eigenvalue weighted by molar-refractivity contribution is -0.0397. The molecule has 88 valence electrons. The van der Waals surface area contributed by atoms with Gasteiger partial charge < -0.3 is 4.74 Å². The van der Waals surface area contributed by atoms with Crippen molar-refractivity contribution < 1.29 is 4.74 Å². The maximum absolute atomic E-state index is 5.98. The summed E-state index contributed by atoms with van der Waals surface area (Å²) in [7, 11) is 0. The molecule has 1 heterocycles. The summed E-state index contributed by atoms with van der Waals surface area (Å²) in [6.07, 6.45) is 0. The first kappa shape index (κ1) is 11.9. The monoisotopic (exact) mass is 239 g/mol. The molecule has 0 radical (unpaired) electrons. The average Bonchev–Trinajstić information content (AvgIpc) is 2.33. The van der Waals surface area contributed by atoms with Crippen molar-refractivity contribution in [3.05, 3.63) is 35.9 Å². The van der Waals surface area contributed by atoms with Crippen molar-refractivity contribution in [2.75, 3.05) is 19.1 Å². The fourth-order valence-corrected chi connectivity index (χ4v) is 2.40. The average molecular weight is 240 g/mol. The molecule has 0 aliphatic carbocycles. The number of halogens is 1. The lowest BCUT2D eigenvalue weighted by atomic mass is 10.1. The Bertz CT molecular complexity index is 317. The Morgan fingerprint density at radius 1 is 1.31 bits per heavy atom. The van der Waals surface area contributed by atoms with Gasteiger partial charge in [-0.2, -0.15) is 0 Å². The predicted molar refractivity (Wildman–Crippen MR) is 66.8 cm³/mol. The summed E-state index contributed by atoms with van der Waals surface area (Å²) in [6.45, 7) is 4.71. The minimum atomic E-state index is 0.339. The highest BCUT2D eigenvalue weighted by Gasteiger charge is 2.27. The largest absolute Gasteiger partial charge is 0.378 e. The Hall–Kier alpha value is -0.570. The molecule has 2 nitrogen and oxygen atoms in total. The van der Waals surface area contributed by atoms with Crippen molar-refractivity contribution in [2.45, 2.75) is 25.6 Å². The zero-order chi connectivity index (χ0) is 11.4. The van der Waals surface area contributed by atoms with Crippen molar-refractivity contribution in [1.29, 1.82) is 0 Å². The van der Waals surface area contributed by atoms with E-state index in [2.05, 4.69) is 36.1 Å². The van der Waals surface area contributed by atoms with Crippen molar-refractivity contribution in [1.82, 2.24) is 4.90 Å². The summed E-state index contributed by atoms with van der Waals surface area (Å²) >= 11 is 5.98. The molecule has 0 bridgehead atoms. The van der Waals surface area contributed by atoms with Crippen LogP contribution in [0.5, 0.6) is 0 Å². The van der Waals surface area contributed by atoms with Crippen LogP contribution in [-0.4, -0.2) is 36.1 Å². The fourth-order valence-electron chi connectivity index (χ4n) is 2.14. The Labute approximate surface area is 102 Å². The molecule has 2 rings (SSSR count). The number of morpholine rings is 1.